The molecule has 2 aromatic heterocycles. The molecule has 4 aromatic rings. The number of aliphatic hydroxyl groups is 2. The van der Waals surface area contributed by atoms with Crippen molar-refractivity contribution < 1.29 is 19.8 Å². The van der Waals surface area contributed by atoms with E-state index in [4.69, 9.17) is 32.8 Å². The molecule has 1 aliphatic heterocycles. The molecule has 1 fully saturated rings. The third-order valence-electron chi connectivity index (χ3n) is 6.04. The Morgan fingerprint density at radius 3 is 2.50 bits per heavy atom. The summed E-state index contributed by atoms with van der Waals surface area (Å²) in [5, 5.41) is 23.2. The van der Waals surface area contributed by atoms with Gasteiger partial charge in [0, 0.05) is 41.6 Å². The Kier molecular flexibility index (Phi) is 7.96. The molecule has 0 radical (unpaired) electrons. The van der Waals surface area contributed by atoms with E-state index in [0.29, 0.717) is 24.2 Å². The van der Waals surface area contributed by atoms with E-state index in [9.17, 15) is 15.0 Å². The molecular weight excluding hydrogens is 533 g/mol. The van der Waals surface area contributed by atoms with Crippen LogP contribution in [0.1, 0.15) is 0 Å². The van der Waals surface area contributed by atoms with E-state index in [1.54, 1.807) is 30.5 Å². The van der Waals surface area contributed by atoms with Crippen molar-refractivity contribution in [2.75, 3.05) is 49.7 Å². The molecule has 0 amide bonds. The zero-order valence-corrected chi connectivity index (χ0v) is 21.7. The summed E-state index contributed by atoms with van der Waals surface area (Å²) in [6.45, 7) is 2.20. The number of benzene rings is 2. The van der Waals surface area contributed by atoms with Gasteiger partial charge in [-0.1, -0.05) is 29.3 Å². The van der Waals surface area contributed by atoms with Crippen molar-refractivity contribution in [2.45, 2.75) is 6.10 Å². The topological polar surface area (TPSA) is 122 Å². The molecule has 1 saturated heterocycles. The van der Waals surface area contributed by atoms with Crippen molar-refractivity contribution in [3.63, 3.8) is 0 Å². The van der Waals surface area contributed by atoms with E-state index < -0.39 is 18.3 Å². The van der Waals surface area contributed by atoms with Crippen LogP contribution in [0.25, 0.3) is 22.2 Å². The number of pyridine rings is 1. The van der Waals surface area contributed by atoms with Crippen LogP contribution in [0.3, 0.4) is 0 Å². The number of hydrogen-bond donors (Lipinski definition) is 3. The van der Waals surface area contributed by atoms with E-state index in [1.807, 2.05) is 24.3 Å². The van der Waals surface area contributed by atoms with E-state index in [-0.39, 0.29) is 33.8 Å². The standard InChI is InChI=1S/C26H25Cl2N5O5/c27-21-2-1-3-22(28)23(21)20-12-16-13-29-26(31-24(16)33(25(20)36)38-15-19(35)14-34)30-17-4-6-18(7-5-17)32-8-10-37-11-9-32/h1-7,12-13,19,34-35H,8-11,14-15H2,(H,29,30,31). The Hall–Kier alpha value is -3.41. The van der Waals surface area contributed by atoms with Gasteiger partial charge in [-0.2, -0.15) is 4.98 Å². The SMILES string of the molecule is O=c1c(-c2c(Cl)cccc2Cl)cc2cnc(Nc3ccc(N4CCOCC4)cc3)nc2n1OCC(O)CO. The van der Waals surface area contributed by atoms with Gasteiger partial charge < -0.3 is 30.0 Å². The minimum Gasteiger partial charge on any atom is -0.406 e. The van der Waals surface area contributed by atoms with Crippen LogP contribution in [0.4, 0.5) is 17.3 Å². The second-order valence-electron chi connectivity index (χ2n) is 8.63. The highest BCUT2D eigenvalue weighted by molar-refractivity contribution is 6.39. The van der Waals surface area contributed by atoms with Crippen molar-refractivity contribution in [3.8, 4) is 11.1 Å². The molecule has 198 valence electrons. The number of nitrogens with one attached hydrogen (secondary N) is 1. The Bertz CT molecular complexity index is 1470. The average molecular weight is 558 g/mol. The summed E-state index contributed by atoms with van der Waals surface area (Å²) >= 11 is 12.7. The molecule has 0 spiro atoms. The van der Waals surface area contributed by atoms with Gasteiger partial charge in [-0.3, -0.25) is 4.79 Å². The van der Waals surface area contributed by atoms with Gasteiger partial charge >= 0.3 is 0 Å². The number of rotatable bonds is 8. The van der Waals surface area contributed by atoms with Crippen molar-refractivity contribution >= 4 is 51.6 Å². The molecule has 3 heterocycles. The maximum Gasteiger partial charge on any atom is 0.293 e. The second kappa shape index (κ2) is 11.5. The van der Waals surface area contributed by atoms with Crippen LogP contribution in [0.5, 0.6) is 0 Å². The monoisotopic (exact) mass is 557 g/mol. The van der Waals surface area contributed by atoms with Gasteiger partial charge in [-0.25, -0.2) is 4.98 Å². The summed E-state index contributed by atoms with van der Waals surface area (Å²) in [6.07, 6.45) is 0.344. The number of hydrogen-bond acceptors (Lipinski definition) is 9. The van der Waals surface area contributed by atoms with Crippen LogP contribution in [0, 0.1) is 0 Å². The number of halogens is 2. The van der Waals surface area contributed by atoms with Gasteiger partial charge in [0.2, 0.25) is 5.95 Å². The van der Waals surface area contributed by atoms with Gasteiger partial charge in [0.1, 0.15) is 12.7 Å². The van der Waals surface area contributed by atoms with Gasteiger partial charge in [-0.15, -0.1) is 4.73 Å². The average Bonchev–Trinajstić information content (AvgIpc) is 2.93. The van der Waals surface area contributed by atoms with Crippen LogP contribution in [0.15, 0.2) is 59.5 Å². The van der Waals surface area contributed by atoms with Gasteiger partial charge in [0.25, 0.3) is 5.56 Å². The van der Waals surface area contributed by atoms with E-state index >= 15 is 0 Å². The lowest BCUT2D eigenvalue weighted by Crippen LogP contribution is -2.36. The van der Waals surface area contributed by atoms with Crippen molar-refractivity contribution in [1.29, 1.82) is 0 Å². The summed E-state index contributed by atoms with van der Waals surface area (Å²) in [5.41, 5.74) is 1.94. The summed E-state index contributed by atoms with van der Waals surface area (Å²) in [5.74, 6) is 0.236. The summed E-state index contributed by atoms with van der Waals surface area (Å²) in [7, 11) is 0. The minimum atomic E-state index is -1.20. The number of ether oxygens (including phenoxy) is 1. The van der Waals surface area contributed by atoms with Gasteiger partial charge in [0.15, 0.2) is 5.65 Å². The number of morpholine rings is 1. The molecule has 0 bridgehead atoms. The lowest BCUT2D eigenvalue weighted by Gasteiger charge is -2.28. The van der Waals surface area contributed by atoms with Crippen LogP contribution in [-0.2, 0) is 4.74 Å². The maximum atomic E-state index is 13.5. The van der Waals surface area contributed by atoms with Crippen molar-refractivity contribution in [2.24, 2.45) is 0 Å². The lowest BCUT2D eigenvalue weighted by molar-refractivity contribution is 0.0000179. The number of aromatic nitrogens is 3. The van der Waals surface area contributed by atoms with Crippen molar-refractivity contribution in [3.05, 3.63) is 75.1 Å². The van der Waals surface area contributed by atoms with Crippen molar-refractivity contribution in [1.82, 2.24) is 14.7 Å². The first-order chi connectivity index (χ1) is 18.4. The van der Waals surface area contributed by atoms with Gasteiger partial charge in [0.05, 0.1) is 35.4 Å². The zero-order valence-electron chi connectivity index (χ0n) is 20.2. The molecule has 1 aliphatic rings. The minimum absolute atomic E-state index is 0.162. The zero-order chi connectivity index (χ0) is 26.6. The van der Waals surface area contributed by atoms with Crippen LogP contribution in [-0.4, -0.2) is 70.5 Å². The Morgan fingerprint density at radius 1 is 1.11 bits per heavy atom. The molecule has 2 aromatic carbocycles. The fourth-order valence-electron chi connectivity index (χ4n) is 4.10. The number of nitrogens with zero attached hydrogens (tertiary/aromatic N) is 4. The molecule has 0 aliphatic carbocycles. The molecule has 1 unspecified atom stereocenters. The first-order valence-corrected chi connectivity index (χ1v) is 12.7. The smallest absolute Gasteiger partial charge is 0.293 e. The number of aliphatic hydroxyl groups excluding tert-OH is 2. The summed E-state index contributed by atoms with van der Waals surface area (Å²) in [6, 6.07) is 14.4. The van der Waals surface area contributed by atoms with Crippen LogP contribution in [0.2, 0.25) is 10.0 Å². The van der Waals surface area contributed by atoms with Crippen LogP contribution >= 0.6 is 23.2 Å². The predicted octanol–water partition coefficient (Wildman–Crippen LogP) is 3.13. The molecule has 0 saturated carbocycles. The Balaban J connectivity index is 1.51. The highest BCUT2D eigenvalue weighted by atomic mass is 35.5. The molecule has 12 heteroatoms. The molecular formula is C26H25Cl2N5O5. The van der Waals surface area contributed by atoms with Gasteiger partial charge in [-0.05, 0) is 42.5 Å². The van der Waals surface area contributed by atoms with Crippen LogP contribution < -0.4 is 20.6 Å². The molecule has 5 rings (SSSR count). The van der Waals surface area contributed by atoms with E-state index in [1.165, 1.54) is 0 Å². The third kappa shape index (κ3) is 5.54. The molecule has 3 N–H and O–H groups in total. The summed E-state index contributed by atoms with van der Waals surface area (Å²) < 4.78 is 6.37. The third-order valence-corrected chi connectivity index (χ3v) is 6.67. The number of anilines is 3. The first-order valence-electron chi connectivity index (χ1n) is 11.9. The lowest BCUT2D eigenvalue weighted by atomic mass is 10.1. The largest absolute Gasteiger partial charge is 0.406 e. The second-order valence-corrected chi connectivity index (χ2v) is 9.44. The normalized spacial score (nSPS) is 14.5. The maximum absolute atomic E-state index is 13.5. The number of fused-ring (bicyclic) bond motifs is 1. The Labute approximate surface area is 227 Å². The van der Waals surface area contributed by atoms with E-state index in [2.05, 4.69) is 20.2 Å². The fraction of sp³-hybridized carbons (Fsp3) is 0.269. The summed E-state index contributed by atoms with van der Waals surface area (Å²) in [4.78, 5) is 30.3. The quantitative estimate of drug-likeness (QED) is 0.300. The highest BCUT2D eigenvalue weighted by Gasteiger charge is 2.19. The fourth-order valence-corrected chi connectivity index (χ4v) is 4.70. The first kappa shape index (κ1) is 26.2. The Morgan fingerprint density at radius 2 is 1.82 bits per heavy atom. The molecule has 38 heavy (non-hydrogen) atoms. The highest BCUT2D eigenvalue weighted by Crippen LogP contribution is 2.34. The predicted molar refractivity (Wildman–Crippen MR) is 147 cm³/mol. The molecule has 1 atom stereocenters. The van der Waals surface area contributed by atoms with E-state index in [0.717, 1.165) is 29.2 Å². The molecule has 10 nitrogen and oxygen atoms in total.